The van der Waals surface area contributed by atoms with Crippen LogP contribution in [0.1, 0.15) is 0 Å². The highest BCUT2D eigenvalue weighted by Crippen LogP contribution is 2.28. The van der Waals surface area contributed by atoms with Crippen LogP contribution < -0.4 is 0 Å². The summed E-state index contributed by atoms with van der Waals surface area (Å²) in [5, 5.41) is 5.46. The van der Waals surface area contributed by atoms with Gasteiger partial charge in [0.05, 0.1) is 0 Å². The summed E-state index contributed by atoms with van der Waals surface area (Å²) in [6, 6.07) is 10.4. The molecule has 92 valence electrons. The number of aromatic nitrogens is 4. The van der Waals surface area contributed by atoms with E-state index in [-0.39, 0.29) is 0 Å². The minimum Gasteiger partial charge on any atom is -0.286 e. The fourth-order valence-corrected chi connectivity index (χ4v) is 2.45. The second-order valence-electron chi connectivity index (χ2n) is 4.67. The standard InChI is InChI=1S/C15H12N4/c1-19-14-6-11(8-17-15(14)18-19)13-9-16-7-10-4-2-3-5-12(10)13/h2-9H,1H3,(H,17,18). The number of benzene rings is 1. The molecule has 19 heavy (non-hydrogen) atoms. The first kappa shape index (κ1) is 10.3. The Morgan fingerprint density at radius 3 is 2.89 bits per heavy atom. The fraction of sp³-hybridized carbons (Fsp3) is 0.0667. The third-order valence-electron chi connectivity index (χ3n) is 3.48. The van der Waals surface area contributed by atoms with Crippen LogP contribution in [0.4, 0.5) is 0 Å². The first-order valence-electron chi connectivity index (χ1n) is 6.16. The van der Waals surface area contributed by atoms with Crippen molar-refractivity contribution in [2.24, 2.45) is 7.05 Å². The quantitative estimate of drug-likeness (QED) is 0.562. The molecule has 3 heterocycles. The minimum atomic E-state index is 0.930. The number of hydrogen-bond donors (Lipinski definition) is 1. The average Bonchev–Trinajstić information content (AvgIpc) is 2.46. The summed E-state index contributed by atoms with van der Waals surface area (Å²) < 4.78 is 1.96. The van der Waals surface area contributed by atoms with Gasteiger partial charge in [-0.05, 0) is 11.5 Å². The van der Waals surface area contributed by atoms with E-state index in [1.165, 1.54) is 5.39 Å². The van der Waals surface area contributed by atoms with Gasteiger partial charge in [0.25, 0.3) is 0 Å². The van der Waals surface area contributed by atoms with Gasteiger partial charge in [-0.2, -0.15) is 0 Å². The molecule has 0 saturated heterocycles. The fourth-order valence-electron chi connectivity index (χ4n) is 2.45. The highest BCUT2D eigenvalue weighted by molar-refractivity contribution is 5.96. The number of hydrogen-bond acceptors (Lipinski definition) is 2. The summed E-state index contributed by atoms with van der Waals surface area (Å²) in [7, 11) is 1.98. The lowest BCUT2D eigenvalue weighted by atomic mass is 10.0. The number of pyridine rings is 2. The van der Waals surface area contributed by atoms with E-state index in [0.29, 0.717) is 0 Å². The van der Waals surface area contributed by atoms with Crippen LogP contribution in [0.5, 0.6) is 0 Å². The Morgan fingerprint density at radius 2 is 2.00 bits per heavy atom. The molecule has 3 aromatic heterocycles. The van der Waals surface area contributed by atoms with Gasteiger partial charge in [0, 0.05) is 42.2 Å². The number of nitrogens with one attached hydrogen (secondary N) is 1. The molecule has 0 radical (unpaired) electrons. The van der Waals surface area contributed by atoms with Gasteiger partial charge in [0.2, 0.25) is 0 Å². The van der Waals surface area contributed by atoms with E-state index in [4.69, 9.17) is 0 Å². The highest BCUT2D eigenvalue weighted by atomic mass is 15.3. The lowest BCUT2D eigenvalue weighted by Crippen LogP contribution is -2.06. The van der Waals surface area contributed by atoms with Crippen LogP contribution in [-0.2, 0) is 7.05 Å². The highest BCUT2D eigenvalue weighted by Gasteiger charge is 2.08. The summed E-state index contributed by atoms with van der Waals surface area (Å²) in [4.78, 5) is 8.74. The molecule has 4 rings (SSSR count). The van der Waals surface area contributed by atoms with Crippen molar-refractivity contribution in [1.82, 2.24) is 19.7 Å². The Hall–Kier alpha value is -2.62. The topological polar surface area (TPSA) is 46.5 Å². The van der Waals surface area contributed by atoms with Crippen LogP contribution in [0.3, 0.4) is 0 Å². The van der Waals surface area contributed by atoms with Crippen LogP contribution in [0.25, 0.3) is 33.1 Å². The molecule has 0 bridgehead atoms. The van der Waals surface area contributed by atoms with Crippen LogP contribution >= 0.6 is 0 Å². The van der Waals surface area contributed by atoms with Crippen molar-refractivity contribution >= 4 is 21.9 Å². The van der Waals surface area contributed by atoms with Crippen molar-refractivity contribution in [3.8, 4) is 11.1 Å². The number of fused-ring (bicyclic) bond motifs is 2. The zero-order chi connectivity index (χ0) is 12.8. The summed E-state index contributed by atoms with van der Waals surface area (Å²) in [5.74, 6) is 0. The van der Waals surface area contributed by atoms with Crippen molar-refractivity contribution in [3.63, 3.8) is 0 Å². The predicted molar refractivity (Wildman–Crippen MR) is 75.8 cm³/mol. The molecule has 0 spiro atoms. The van der Waals surface area contributed by atoms with E-state index >= 15 is 0 Å². The molecule has 0 atom stereocenters. The maximum absolute atomic E-state index is 4.42. The van der Waals surface area contributed by atoms with E-state index in [2.05, 4.69) is 33.3 Å². The maximum atomic E-state index is 4.42. The molecule has 0 aliphatic carbocycles. The first-order valence-corrected chi connectivity index (χ1v) is 6.16. The second-order valence-corrected chi connectivity index (χ2v) is 4.67. The monoisotopic (exact) mass is 248 g/mol. The normalized spacial score (nSPS) is 11.4. The van der Waals surface area contributed by atoms with Gasteiger partial charge in [0.15, 0.2) is 5.65 Å². The SMILES string of the molecule is Cn1[nH]c2ncc(-c3cncc4ccccc34)cc21. The van der Waals surface area contributed by atoms with E-state index in [1.54, 1.807) is 0 Å². The molecule has 1 N–H and O–H groups in total. The number of nitrogens with zero attached hydrogens (tertiary/aromatic N) is 3. The van der Waals surface area contributed by atoms with Crippen LogP contribution in [0.2, 0.25) is 0 Å². The van der Waals surface area contributed by atoms with Gasteiger partial charge in [0.1, 0.15) is 5.52 Å². The van der Waals surface area contributed by atoms with Crippen molar-refractivity contribution in [2.45, 2.75) is 0 Å². The largest absolute Gasteiger partial charge is 0.286 e. The van der Waals surface area contributed by atoms with E-state index in [1.807, 2.05) is 42.5 Å². The number of H-pyrrole nitrogens is 1. The zero-order valence-electron chi connectivity index (χ0n) is 10.5. The molecule has 4 heteroatoms. The van der Waals surface area contributed by atoms with Gasteiger partial charge in [-0.25, -0.2) is 4.98 Å². The number of rotatable bonds is 1. The van der Waals surface area contributed by atoms with Crippen molar-refractivity contribution in [1.29, 1.82) is 0 Å². The third kappa shape index (κ3) is 1.46. The van der Waals surface area contributed by atoms with Crippen molar-refractivity contribution in [3.05, 3.63) is 48.9 Å². The number of aryl methyl sites for hydroxylation is 1. The number of aromatic amines is 1. The summed E-state index contributed by atoms with van der Waals surface area (Å²) in [6.07, 6.45) is 5.68. The maximum Gasteiger partial charge on any atom is 0.170 e. The lowest BCUT2D eigenvalue weighted by Gasteiger charge is -2.13. The first-order chi connectivity index (χ1) is 9.33. The second kappa shape index (κ2) is 3.68. The third-order valence-corrected chi connectivity index (χ3v) is 3.48. The molecule has 0 amide bonds. The Bertz CT molecular complexity index is 880. The summed E-state index contributed by atoms with van der Waals surface area (Å²) in [6.45, 7) is 0. The van der Waals surface area contributed by atoms with E-state index in [0.717, 1.165) is 27.7 Å². The Kier molecular flexibility index (Phi) is 2.00. The summed E-state index contributed by atoms with van der Waals surface area (Å²) >= 11 is 0. The lowest BCUT2D eigenvalue weighted by molar-refractivity contribution is 0.752. The molecule has 1 aromatic carbocycles. The minimum absolute atomic E-state index is 0.930. The predicted octanol–water partition coefficient (Wildman–Crippen LogP) is 3.12. The van der Waals surface area contributed by atoms with Crippen LogP contribution in [0, 0.1) is 0 Å². The molecular formula is C15H12N4. The van der Waals surface area contributed by atoms with Crippen LogP contribution in [-0.4, -0.2) is 19.7 Å². The van der Waals surface area contributed by atoms with E-state index < -0.39 is 0 Å². The Labute approximate surface area is 109 Å². The molecule has 0 saturated carbocycles. The van der Waals surface area contributed by atoms with Gasteiger partial charge in [-0.3, -0.25) is 14.8 Å². The van der Waals surface area contributed by atoms with Crippen molar-refractivity contribution in [2.75, 3.05) is 0 Å². The molecule has 0 aliphatic rings. The van der Waals surface area contributed by atoms with Crippen LogP contribution in [0.15, 0.2) is 48.9 Å². The molecule has 0 fully saturated rings. The Morgan fingerprint density at radius 1 is 1.11 bits per heavy atom. The smallest absolute Gasteiger partial charge is 0.170 e. The molecule has 4 aromatic rings. The molecule has 4 nitrogen and oxygen atoms in total. The van der Waals surface area contributed by atoms with E-state index in [9.17, 15) is 0 Å². The molecule has 0 unspecified atom stereocenters. The zero-order valence-corrected chi connectivity index (χ0v) is 10.5. The average molecular weight is 248 g/mol. The summed E-state index contributed by atoms with van der Waals surface area (Å²) in [5.41, 5.74) is 4.26. The van der Waals surface area contributed by atoms with Crippen molar-refractivity contribution < 1.29 is 0 Å². The molecular weight excluding hydrogens is 236 g/mol. The van der Waals surface area contributed by atoms with Gasteiger partial charge in [-0.1, -0.05) is 24.3 Å². The van der Waals surface area contributed by atoms with Gasteiger partial charge >= 0.3 is 0 Å². The molecule has 0 aliphatic heterocycles. The Balaban J connectivity index is 2.01. The van der Waals surface area contributed by atoms with Gasteiger partial charge in [-0.15, -0.1) is 0 Å². The van der Waals surface area contributed by atoms with Gasteiger partial charge < -0.3 is 0 Å².